The molecule has 0 spiro atoms. The van der Waals surface area contributed by atoms with Gasteiger partial charge in [0.05, 0.1) is 17.4 Å². The number of nitrogens with one attached hydrogen (secondary N) is 2. The number of aromatic nitrogens is 5. The van der Waals surface area contributed by atoms with E-state index in [2.05, 4.69) is 31.3 Å². The van der Waals surface area contributed by atoms with Crippen LogP contribution in [0, 0.1) is 13.8 Å². The van der Waals surface area contributed by atoms with E-state index in [1.54, 1.807) is 6.07 Å². The normalized spacial score (nSPS) is 15.6. The summed E-state index contributed by atoms with van der Waals surface area (Å²) in [4.78, 5) is 12.7. The molecule has 2 aromatic heterocycles. The molecule has 1 saturated heterocycles. The van der Waals surface area contributed by atoms with Crippen molar-refractivity contribution in [2.45, 2.75) is 32.7 Å². The van der Waals surface area contributed by atoms with Gasteiger partial charge in [0.1, 0.15) is 5.52 Å². The van der Waals surface area contributed by atoms with Gasteiger partial charge in [-0.15, -0.1) is 5.10 Å². The lowest BCUT2D eigenvalue weighted by Crippen LogP contribution is -2.30. The number of nitrogens with zero attached hydrogens (tertiary/aromatic N) is 5. The lowest BCUT2D eigenvalue weighted by atomic mass is 10.1. The highest BCUT2D eigenvalue weighted by Gasteiger charge is 2.24. The van der Waals surface area contributed by atoms with E-state index in [0.717, 1.165) is 37.2 Å². The van der Waals surface area contributed by atoms with Gasteiger partial charge in [-0.3, -0.25) is 4.79 Å². The number of hydrogen-bond donors (Lipinski definition) is 2. The highest BCUT2D eigenvalue weighted by atomic mass is 16.6. The molecule has 130 valence electrons. The van der Waals surface area contributed by atoms with Crippen LogP contribution in [-0.4, -0.2) is 44.3 Å². The summed E-state index contributed by atoms with van der Waals surface area (Å²) in [6.45, 7) is 5.67. The number of carbonyl (C=O) groups is 1. The lowest BCUT2D eigenvalue weighted by molar-refractivity contribution is 0.102. The molecular weight excluding hydrogens is 322 g/mol. The van der Waals surface area contributed by atoms with Crippen LogP contribution >= 0.6 is 0 Å². The van der Waals surface area contributed by atoms with Crippen molar-refractivity contribution in [3.8, 4) is 0 Å². The number of amides is 1. The predicted octanol–water partition coefficient (Wildman–Crippen LogP) is 1.61. The van der Waals surface area contributed by atoms with Crippen molar-refractivity contribution in [2.75, 3.05) is 18.4 Å². The summed E-state index contributed by atoms with van der Waals surface area (Å²) in [7, 11) is 0. The minimum Gasteiger partial charge on any atom is -0.318 e. The smallest absolute Gasteiger partial charge is 0.278 e. The van der Waals surface area contributed by atoms with E-state index in [4.69, 9.17) is 4.63 Å². The fraction of sp³-hybridized carbons (Fsp3) is 0.438. The van der Waals surface area contributed by atoms with Gasteiger partial charge in [0.15, 0.2) is 11.2 Å². The molecule has 1 amide bonds. The van der Waals surface area contributed by atoms with Crippen LogP contribution in [-0.2, 0) is 0 Å². The maximum atomic E-state index is 12.7. The molecule has 9 heteroatoms. The van der Waals surface area contributed by atoms with E-state index in [1.165, 1.54) is 0 Å². The van der Waals surface area contributed by atoms with Crippen molar-refractivity contribution in [3.63, 3.8) is 0 Å². The van der Waals surface area contributed by atoms with Crippen LogP contribution in [0.2, 0.25) is 0 Å². The number of hydrogen-bond acceptors (Lipinski definition) is 7. The Kier molecular flexibility index (Phi) is 3.92. The maximum Gasteiger partial charge on any atom is 0.278 e. The molecule has 0 aliphatic carbocycles. The van der Waals surface area contributed by atoms with Gasteiger partial charge < -0.3 is 10.6 Å². The first kappa shape index (κ1) is 15.7. The molecular formula is C16H19N7O2. The van der Waals surface area contributed by atoms with E-state index < -0.39 is 0 Å². The van der Waals surface area contributed by atoms with Gasteiger partial charge in [-0.05, 0) is 61.7 Å². The molecule has 1 aromatic carbocycles. The standard InChI is InChI=1S/C16H19N7O2/c1-9-3-4-12-15(21-25-20-12)13(9)18-16(24)14-10(2)23(22-19-14)11-5-7-17-8-6-11/h3-4,11,17H,5-8H2,1-2H3,(H,18,24). The first-order valence-corrected chi connectivity index (χ1v) is 8.31. The zero-order valence-corrected chi connectivity index (χ0v) is 14.1. The van der Waals surface area contributed by atoms with E-state index >= 15 is 0 Å². The number of aryl methyl sites for hydroxylation is 1. The molecule has 0 radical (unpaired) electrons. The van der Waals surface area contributed by atoms with E-state index in [-0.39, 0.29) is 11.9 Å². The Morgan fingerprint density at radius 2 is 2.08 bits per heavy atom. The zero-order chi connectivity index (χ0) is 17.4. The van der Waals surface area contributed by atoms with Gasteiger partial charge in [0.2, 0.25) is 0 Å². The Balaban J connectivity index is 1.62. The zero-order valence-electron chi connectivity index (χ0n) is 14.1. The Bertz CT molecular complexity index is 924. The van der Waals surface area contributed by atoms with Gasteiger partial charge in [0.25, 0.3) is 5.91 Å². The molecule has 1 aliphatic heterocycles. The first-order valence-electron chi connectivity index (χ1n) is 8.31. The minimum absolute atomic E-state index is 0.278. The molecule has 3 aromatic rings. The summed E-state index contributed by atoms with van der Waals surface area (Å²) in [5.41, 5.74) is 3.67. The molecule has 9 nitrogen and oxygen atoms in total. The molecule has 1 aliphatic rings. The Labute approximate surface area is 143 Å². The maximum absolute atomic E-state index is 12.7. The Morgan fingerprint density at radius 3 is 2.88 bits per heavy atom. The highest BCUT2D eigenvalue weighted by molar-refractivity contribution is 6.08. The predicted molar refractivity (Wildman–Crippen MR) is 90.4 cm³/mol. The minimum atomic E-state index is -0.309. The van der Waals surface area contributed by atoms with Gasteiger partial charge in [-0.1, -0.05) is 11.3 Å². The van der Waals surface area contributed by atoms with Crippen LogP contribution in [0.4, 0.5) is 5.69 Å². The number of piperidine rings is 1. The fourth-order valence-electron chi connectivity index (χ4n) is 3.23. The lowest BCUT2D eigenvalue weighted by Gasteiger charge is -2.23. The van der Waals surface area contributed by atoms with Crippen LogP contribution in [0.1, 0.15) is 40.6 Å². The number of carbonyl (C=O) groups excluding carboxylic acids is 1. The molecule has 0 atom stereocenters. The number of fused-ring (bicyclic) bond motifs is 1. The number of anilines is 1. The Hall–Kier alpha value is -2.81. The largest absolute Gasteiger partial charge is 0.318 e. The molecule has 1 fully saturated rings. The first-order chi connectivity index (χ1) is 12.1. The monoisotopic (exact) mass is 341 g/mol. The molecule has 0 unspecified atom stereocenters. The summed E-state index contributed by atoms with van der Waals surface area (Å²) in [5.74, 6) is -0.309. The highest BCUT2D eigenvalue weighted by Crippen LogP contribution is 2.26. The molecule has 4 rings (SSSR count). The summed E-state index contributed by atoms with van der Waals surface area (Å²) in [6, 6.07) is 3.94. The quantitative estimate of drug-likeness (QED) is 0.744. The van der Waals surface area contributed by atoms with Crippen molar-refractivity contribution < 1.29 is 9.42 Å². The van der Waals surface area contributed by atoms with E-state index in [9.17, 15) is 4.79 Å². The van der Waals surface area contributed by atoms with Crippen LogP contribution in [0.25, 0.3) is 11.0 Å². The SMILES string of the molecule is Cc1ccc2nonc2c1NC(=O)c1nnn(C2CCNCC2)c1C. The van der Waals surface area contributed by atoms with Crippen molar-refractivity contribution in [1.82, 2.24) is 30.6 Å². The van der Waals surface area contributed by atoms with Crippen molar-refractivity contribution >= 4 is 22.6 Å². The molecule has 3 heterocycles. The molecule has 25 heavy (non-hydrogen) atoms. The van der Waals surface area contributed by atoms with Crippen molar-refractivity contribution in [3.05, 3.63) is 29.1 Å². The third kappa shape index (κ3) is 2.76. The third-order valence-electron chi connectivity index (χ3n) is 4.67. The topological polar surface area (TPSA) is 111 Å². The van der Waals surface area contributed by atoms with E-state index in [1.807, 2.05) is 24.6 Å². The molecule has 0 bridgehead atoms. The van der Waals surface area contributed by atoms with Crippen LogP contribution in [0.15, 0.2) is 16.8 Å². The summed E-state index contributed by atoms with van der Waals surface area (Å²) >= 11 is 0. The van der Waals surface area contributed by atoms with Crippen LogP contribution < -0.4 is 10.6 Å². The summed E-state index contributed by atoms with van der Waals surface area (Å²) in [5, 5.41) is 22.2. The second kappa shape index (κ2) is 6.25. The average molecular weight is 341 g/mol. The van der Waals surface area contributed by atoms with Crippen LogP contribution in [0.3, 0.4) is 0 Å². The van der Waals surface area contributed by atoms with Crippen LogP contribution in [0.5, 0.6) is 0 Å². The summed E-state index contributed by atoms with van der Waals surface area (Å²) < 4.78 is 6.63. The molecule has 0 saturated carbocycles. The Morgan fingerprint density at radius 1 is 1.28 bits per heavy atom. The van der Waals surface area contributed by atoms with Gasteiger partial charge in [-0.2, -0.15) is 0 Å². The fourth-order valence-corrected chi connectivity index (χ4v) is 3.23. The van der Waals surface area contributed by atoms with Gasteiger partial charge >= 0.3 is 0 Å². The summed E-state index contributed by atoms with van der Waals surface area (Å²) in [6.07, 6.45) is 1.96. The number of rotatable bonds is 3. The average Bonchev–Trinajstić information content (AvgIpc) is 3.25. The van der Waals surface area contributed by atoms with Gasteiger partial charge in [-0.25, -0.2) is 9.31 Å². The number of benzene rings is 1. The van der Waals surface area contributed by atoms with Gasteiger partial charge in [0, 0.05) is 0 Å². The van der Waals surface area contributed by atoms with Crippen molar-refractivity contribution in [1.29, 1.82) is 0 Å². The second-order valence-corrected chi connectivity index (χ2v) is 6.29. The molecule has 2 N–H and O–H groups in total. The second-order valence-electron chi connectivity index (χ2n) is 6.29. The third-order valence-corrected chi connectivity index (χ3v) is 4.67. The van der Waals surface area contributed by atoms with Crippen molar-refractivity contribution in [2.24, 2.45) is 0 Å². The van der Waals surface area contributed by atoms with E-state index in [0.29, 0.717) is 22.4 Å².